The lowest BCUT2D eigenvalue weighted by atomic mass is 9.99. The van der Waals surface area contributed by atoms with E-state index in [-0.39, 0.29) is 31.1 Å². The van der Waals surface area contributed by atoms with Crippen LogP contribution in [-0.4, -0.2) is 37.2 Å². The predicted molar refractivity (Wildman–Crippen MR) is 307 cm³/mol. The molecule has 0 aromatic rings. The molecule has 0 aromatic heterocycles. The molecule has 0 aliphatic carbocycles. The number of unbranched alkanes of at least 4 members (excludes halogenated alkanes) is 40. The van der Waals surface area contributed by atoms with E-state index >= 15 is 0 Å². The molecule has 6 heteroatoms. The molecular formula is C65H126O6. The van der Waals surface area contributed by atoms with Gasteiger partial charge in [-0.3, -0.25) is 14.4 Å². The van der Waals surface area contributed by atoms with E-state index in [1.165, 1.54) is 244 Å². The van der Waals surface area contributed by atoms with E-state index in [1.54, 1.807) is 0 Å². The first-order valence-electron chi connectivity index (χ1n) is 32.1. The van der Waals surface area contributed by atoms with Gasteiger partial charge >= 0.3 is 17.9 Å². The standard InChI is InChI=1S/C65H126O6/c1-7-61(6)53-47-41-35-29-23-19-15-10-8-9-11-17-21-25-31-38-44-50-56-65(68)71-62(58-70-64(67)55-49-43-37-32-26-28-34-40-46-52-60(4)5)57-69-63(66)54-48-42-36-30-24-20-16-13-12-14-18-22-27-33-39-45-51-59(2)3/h59-62H,7-58H2,1-6H3/t61?,62-/m0/s1. The molecule has 422 valence electrons. The highest BCUT2D eigenvalue weighted by molar-refractivity contribution is 5.71. The van der Waals surface area contributed by atoms with E-state index in [0.717, 1.165) is 75.5 Å². The monoisotopic (exact) mass is 1000 g/mol. The van der Waals surface area contributed by atoms with Gasteiger partial charge in [0.15, 0.2) is 6.10 Å². The van der Waals surface area contributed by atoms with Crippen LogP contribution >= 0.6 is 0 Å². The molecule has 0 aliphatic heterocycles. The molecule has 0 saturated heterocycles. The predicted octanol–water partition coefficient (Wildman–Crippen LogP) is 21.5. The number of hydrogen-bond acceptors (Lipinski definition) is 6. The van der Waals surface area contributed by atoms with Gasteiger partial charge in [-0.25, -0.2) is 0 Å². The Morgan fingerprint density at radius 1 is 0.282 bits per heavy atom. The first-order chi connectivity index (χ1) is 34.6. The minimum absolute atomic E-state index is 0.0629. The van der Waals surface area contributed by atoms with Crippen molar-refractivity contribution in [1.29, 1.82) is 0 Å². The summed E-state index contributed by atoms with van der Waals surface area (Å²) < 4.78 is 16.9. The summed E-state index contributed by atoms with van der Waals surface area (Å²) in [5.41, 5.74) is 0. The zero-order valence-corrected chi connectivity index (χ0v) is 49.0. The van der Waals surface area contributed by atoms with Gasteiger partial charge in [-0.2, -0.15) is 0 Å². The lowest BCUT2D eigenvalue weighted by molar-refractivity contribution is -0.167. The van der Waals surface area contributed by atoms with Crippen molar-refractivity contribution in [2.75, 3.05) is 13.2 Å². The summed E-state index contributed by atoms with van der Waals surface area (Å²) in [6.07, 6.45) is 61.1. The zero-order valence-electron chi connectivity index (χ0n) is 49.0. The maximum atomic E-state index is 12.9. The lowest BCUT2D eigenvalue weighted by Gasteiger charge is -2.18. The smallest absolute Gasteiger partial charge is 0.306 e. The van der Waals surface area contributed by atoms with Gasteiger partial charge in [-0.05, 0) is 37.0 Å². The van der Waals surface area contributed by atoms with Crippen LogP contribution in [0.3, 0.4) is 0 Å². The van der Waals surface area contributed by atoms with Crippen LogP contribution in [0.25, 0.3) is 0 Å². The highest BCUT2D eigenvalue weighted by Crippen LogP contribution is 2.19. The van der Waals surface area contributed by atoms with Crippen molar-refractivity contribution < 1.29 is 28.6 Å². The lowest BCUT2D eigenvalue weighted by Crippen LogP contribution is -2.30. The number of ether oxygens (including phenoxy) is 3. The van der Waals surface area contributed by atoms with Gasteiger partial charge in [0.2, 0.25) is 0 Å². The number of rotatable bonds is 58. The van der Waals surface area contributed by atoms with Crippen molar-refractivity contribution in [3.05, 3.63) is 0 Å². The van der Waals surface area contributed by atoms with Crippen LogP contribution in [0.15, 0.2) is 0 Å². The Hall–Kier alpha value is -1.59. The third kappa shape index (κ3) is 57.5. The summed E-state index contributed by atoms with van der Waals surface area (Å²) in [5.74, 6) is 1.73. The highest BCUT2D eigenvalue weighted by atomic mass is 16.6. The largest absolute Gasteiger partial charge is 0.462 e. The summed E-state index contributed by atoms with van der Waals surface area (Å²) in [6, 6.07) is 0. The number of esters is 3. The zero-order chi connectivity index (χ0) is 51.9. The Labute approximate surface area is 444 Å². The molecule has 0 bridgehead atoms. The van der Waals surface area contributed by atoms with E-state index in [4.69, 9.17) is 14.2 Å². The van der Waals surface area contributed by atoms with Gasteiger partial charge in [0, 0.05) is 19.3 Å². The van der Waals surface area contributed by atoms with Gasteiger partial charge in [0.1, 0.15) is 13.2 Å². The summed E-state index contributed by atoms with van der Waals surface area (Å²) in [4.78, 5) is 38.3. The van der Waals surface area contributed by atoms with Gasteiger partial charge < -0.3 is 14.2 Å². The minimum atomic E-state index is -0.764. The Morgan fingerprint density at radius 2 is 0.493 bits per heavy atom. The van der Waals surface area contributed by atoms with Gasteiger partial charge in [0.05, 0.1) is 0 Å². The molecule has 0 radical (unpaired) electrons. The molecule has 1 unspecified atom stereocenters. The second-order valence-electron chi connectivity index (χ2n) is 23.6. The third-order valence-electron chi connectivity index (χ3n) is 15.3. The van der Waals surface area contributed by atoms with Crippen LogP contribution in [0.5, 0.6) is 0 Å². The number of hydrogen-bond donors (Lipinski definition) is 0. The molecule has 0 saturated carbocycles. The molecule has 0 aliphatic rings. The summed E-state index contributed by atoms with van der Waals surface area (Å²) >= 11 is 0. The molecule has 71 heavy (non-hydrogen) atoms. The fourth-order valence-electron chi connectivity index (χ4n) is 10.0. The molecule has 0 N–H and O–H groups in total. The maximum Gasteiger partial charge on any atom is 0.306 e. The van der Waals surface area contributed by atoms with Crippen molar-refractivity contribution in [3.63, 3.8) is 0 Å². The summed E-state index contributed by atoms with van der Waals surface area (Å²) in [7, 11) is 0. The number of carbonyl (C=O) groups excluding carboxylic acids is 3. The molecule has 0 spiro atoms. The average molecular weight is 1000 g/mol. The van der Waals surface area contributed by atoms with Gasteiger partial charge in [-0.15, -0.1) is 0 Å². The molecule has 0 aromatic carbocycles. The van der Waals surface area contributed by atoms with Crippen LogP contribution in [0, 0.1) is 17.8 Å². The van der Waals surface area contributed by atoms with Crippen LogP contribution < -0.4 is 0 Å². The van der Waals surface area contributed by atoms with E-state index in [9.17, 15) is 14.4 Å². The molecule has 0 fully saturated rings. The molecule has 0 heterocycles. The summed E-state index contributed by atoms with van der Waals surface area (Å²) in [6.45, 7) is 13.8. The SMILES string of the molecule is CCC(C)CCCCCCCCCCCCCCCCCCCCC(=O)O[C@@H](COC(=O)CCCCCCCCCCCCCCCCCCC(C)C)COC(=O)CCCCCCCCCCCC(C)C. The topological polar surface area (TPSA) is 78.9 Å². The third-order valence-corrected chi connectivity index (χ3v) is 15.3. The Bertz CT molecular complexity index is 1100. The quantitative estimate of drug-likeness (QED) is 0.0343. The first-order valence-corrected chi connectivity index (χ1v) is 32.1. The Balaban J connectivity index is 4.24. The molecule has 0 amide bonds. The fourth-order valence-corrected chi connectivity index (χ4v) is 10.0. The van der Waals surface area contributed by atoms with Crippen molar-refractivity contribution in [2.45, 2.75) is 369 Å². The van der Waals surface area contributed by atoms with Gasteiger partial charge in [0.25, 0.3) is 0 Å². The molecule has 2 atom stereocenters. The van der Waals surface area contributed by atoms with Crippen LogP contribution in [0.1, 0.15) is 363 Å². The van der Waals surface area contributed by atoms with Crippen molar-refractivity contribution in [1.82, 2.24) is 0 Å². The minimum Gasteiger partial charge on any atom is -0.462 e. The van der Waals surface area contributed by atoms with Crippen molar-refractivity contribution in [2.24, 2.45) is 17.8 Å². The average Bonchev–Trinajstić information content (AvgIpc) is 3.35. The van der Waals surface area contributed by atoms with E-state index in [1.807, 2.05) is 0 Å². The van der Waals surface area contributed by atoms with Crippen molar-refractivity contribution >= 4 is 17.9 Å². The Kier molecular flexibility index (Phi) is 54.9. The number of carbonyl (C=O) groups is 3. The summed E-state index contributed by atoms with van der Waals surface area (Å²) in [5, 5.41) is 0. The van der Waals surface area contributed by atoms with E-state index in [2.05, 4.69) is 41.5 Å². The second-order valence-corrected chi connectivity index (χ2v) is 23.6. The van der Waals surface area contributed by atoms with Crippen molar-refractivity contribution in [3.8, 4) is 0 Å². The Morgan fingerprint density at radius 3 is 0.732 bits per heavy atom. The molecular weight excluding hydrogens is 877 g/mol. The van der Waals surface area contributed by atoms with Crippen LogP contribution in [0.4, 0.5) is 0 Å². The first kappa shape index (κ1) is 69.4. The normalized spacial score (nSPS) is 12.5. The second kappa shape index (κ2) is 56.1. The fraction of sp³-hybridized carbons (Fsp3) is 0.954. The van der Waals surface area contributed by atoms with Crippen LogP contribution in [0.2, 0.25) is 0 Å². The van der Waals surface area contributed by atoms with E-state index < -0.39 is 6.10 Å². The highest BCUT2D eigenvalue weighted by Gasteiger charge is 2.19. The van der Waals surface area contributed by atoms with Crippen LogP contribution in [-0.2, 0) is 28.6 Å². The molecule has 6 nitrogen and oxygen atoms in total. The van der Waals surface area contributed by atoms with Gasteiger partial charge in [-0.1, -0.05) is 324 Å². The maximum absolute atomic E-state index is 12.9. The molecule has 0 rings (SSSR count). The van der Waals surface area contributed by atoms with E-state index in [0.29, 0.717) is 19.3 Å².